The highest BCUT2D eigenvalue weighted by molar-refractivity contribution is 5.94. The number of carbonyl (C=O) groups excluding carboxylic acids is 1. The van der Waals surface area contributed by atoms with E-state index < -0.39 is 0 Å². The molecular formula is C10H14N2O2. The molecule has 1 aliphatic rings. The Kier molecular flexibility index (Phi) is 2.63. The van der Waals surface area contributed by atoms with Gasteiger partial charge in [0, 0.05) is 5.92 Å². The molecule has 1 aromatic heterocycles. The maximum atomic E-state index is 11.3. The maximum Gasteiger partial charge on any atom is 0.164 e. The van der Waals surface area contributed by atoms with Crippen LogP contribution in [0.2, 0.25) is 0 Å². The lowest BCUT2D eigenvalue weighted by Gasteiger charge is -2.20. The van der Waals surface area contributed by atoms with Crippen molar-refractivity contribution in [2.75, 3.05) is 13.1 Å². The highest BCUT2D eigenvalue weighted by Crippen LogP contribution is 2.27. The molecule has 4 heteroatoms. The molecule has 1 fully saturated rings. The van der Waals surface area contributed by atoms with E-state index in [2.05, 4.69) is 10.5 Å². The Morgan fingerprint density at radius 1 is 1.57 bits per heavy atom. The average Bonchev–Trinajstić information content (AvgIpc) is 2.67. The lowest BCUT2D eigenvalue weighted by molar-refractivity contribution is 0.101. The van der Waals surface area contributed by atoms with Gasteiger partial charge in [-0.2, -0.15) is 0 Å². The monoisotopic (exact) mass is 194 g/mol. The third-order valence-electron chi connectivity index (χ3n) is 2.69. The van der Waals surface area contributed by atoms with E-state index in [4.69, 9.17) is 4.52 Å². The van der Waals surface area contributed by atoms with Crippen LogP contribution in [0.15, 0.2) is 10.7 Å². The first-order valence-corrected chi connectivity index (χ1v) is 4.95. The molecular weight excluding hydrogens is 180 g/mol. The van der Waals surface area contributed by atoms with Crippen LogP contribution in [0.3, 0.4) is 0 Å². The van der Waals surface area contributed by atoms with Crippen molar-refractivity contribution in [3.63, 3.8) is 0 Å². The predicted molar refractivity (Wildman–Crippen MR) is 51.4 cm³/mol. The number of ketones is 1. The van der Waals surface area contributed by atoms with Gasteiger partial charge in [0.2, 0.25) is 0 Å². The summed E-state index contributed by atoms with van der Waals surface area (Å²) in [6.07, 6.45) is 3.57. The number of nitrogens with zero attached hydrogens (tertiary/aromatic N) is 1. The van der Waals surface area contributed by atoms with Gasteiger partial charge in [-0.25, -0.2) is 0 Å². The van der Waals surface area contributed by atoms with Crippen LogP contribution in [0.25, 0.3) is 0 Å². The number of piperidine rings is 1. The Hall–Kier alpha value is -1.16. The van der Waals surface area contributed by atoms with Crippen LogP contribution < -0.4 is 5.32 Å². The molecule has 0 bridgehead atoms. The third kappa shape index (κ3) is 1.70. The van der Waals surface area contributed by atoms with Crippen LogP contribution in [0.4, 0.5) is 0 Å². The zero-order valence-corrected chi connectivity index (χ0v) is 8.25. The van der Waals surface area contributed by atoms with Crippen molar-refractivity contribution in [2.45, 2.75) is 25.7 Å². The molecule has 0 aromatic carbocycles. The van der Waals surface area contributed by atoms with Gasteiger partial charge < -0.3 is 9.84 Å². The van der Waals surface area contributed by atoms with Crippen LogP contribution in [-0.2, 0) is 0 Å². The molecule has 0 unspecified atom stereocenters. The van der Waals surface area contributed by atoms with E-state index in [9.17, 15) is 4.79 Å². The van der Waals surface area contributed by atoms with Crippen LogP contribution >= 0.6 is 0 Å². The maximum absolute atomic E-state index is 11.3. The molecule has 0 saturated carbocycles. The SMILES string of the molecule is CC(=O)c1cnoc1C1CCNCC1. The lowest BCUT2D eigenvalue weighted by Crippen LogP contribution is -2.27. The highest BCUT2D eigenvalue weighted by Gasteiger charge is 2.23. The van der Waals surface area contributed by atoms with E-state index in [1.807, 2.05) is 0 Å². The minimum absolute atomic E-state index is 0.0415. The Morgan fingerprint density at radius 3 is 2.93 bits per heavy atom. The Bertz CT molecular complexity index is 327. The van der Waals surface area contributed by atoms with E-state index in [0.29, 0.717) is 11.5 Å². The van der Waals surface area contributed by atoms with Crippen molar-refractivity contribution < 1.29 is 9.32 Å². The second-order valence-electron chi connectivity index (χ2n) is 3.68. The molecule has 1 saturated heterocycles. The number of nitrogens with one attached hydrogen (secondary N) is 1. The Balaban J connectivity index is 2.21. The zero-order chi connectivity index (χ0) is 9.97. The number of Topliss-reactive ketones (excluding diaryl/α,β-unsaturated/α-hetero) is 1. The molecule has 2 rings (SSSR count). The van der Waals surface area contributed by atoms with Gasteiger partial charge in [-0.3, -0.25) is 4.79 Å². The standard InChI is InChI=1S/C10H14N2O2/c1-7(13)9-6-12-14-10(9)8-2-4-11-5-3-8/h6,8,11H,2-5H2,1H3. The smallest absolute Gasteiger partial charge is 0.164 e. The molecule has 1 aromatic rings. The molecule has 0 amide bonds. The first-order chi connectivity index (χ1) is 6.79. The first-order valence-electron chi connectivity index (χ1n) is 4.95. The topological polar surface area (TPSA) is 55.1 Å². The van der Waals surface area contributed by atoms with Crippen molar-refractivity contribution >= 4 is 5.78 Å². The van der Waals surface area contributed by atoms with Crippen molar-refractivity contribution in [3.8, 4) is 0 Å². The van der Waals surface area contributed by atoms with Crippen molar-refractivity contribution in [1.29, 1.82) is 0 Å². The minimum atomic E-state index is 0.0415. The number of carbonyl (C=O) groups is 1. The quantitative estimate of drug-likeness (QED) is 0.722. The first kappa shape index (κ1) is 9.40. The fourth-order valence-corrected chi connectivity index (χ4v) is 1.89. The van der Waals surface area contributed by atoms with E-state index in [-0.39, 0.29) is 5.78 Å². The molecule has 1 N–H and O–H groups in total. The molecule has 76 valence electrons. The molecule has 2 heterocycles. The van der Waals surface area contributed by atoms with Gasteiger partial charge in [0.1, 0.15) is 0 Å². The number of hydrogen-bond acceptors (Lipinski definition) is 4. The van der Waals surface area contributed by atoms with Gasteiger partial charge >= 0.3 is 0 Å². The van der Waals surface area contributed by atoms with Crippen LogP contribution in [-0.4, -0.2) is 24.0 Å². The van der Waals surface area contributed by atoms with Crippen molar-refractivity contribution in [3.05, 3.63) is 17.5 Å². The fourth-order valence-electron chi connectivity index (χ4n) is 1.89. The summed E-state index contributed by atoms with van der Waals surface area (Å²) in [4.78, 5) is 11.3. The third-order valence-corrected chi connectivity index (χ3v) is 2.69. The van der Waals surface area contributed by atoms with Crippen molar-refractivity contribution in [2.24, 2.45) is 0 Å². The van der Waals surface area contributed by atoms with Gasteiger partial charge in [-0.15, -0.1) is 0 Å². The molecule has 0 atom stereocenters. The molecule has 0 aliphatic carbocycles. The Labute approximate surface area is 82.7 Å². The summed E-state index contributed by atoms with van der Waals surface area (Å²) in [7, 11) is 0. The van der Waals surface area contributed by atoms with E-state index >= 15 is 0 Å². The van der Waals surface area contributed by atoms with Crippen molar-refractivity contribution in [1.82, 2.24) is 10.5 Å². The highest BCUT2D eigenvalue weighted by atomic mass is 16.5. The number of aromatic nitrogens is 1. The van der Waals surface area contributed by atoms with Gasteiger partial charge in [0.05, 0.1) is 11.8 Å². The van der Waals surface area contributed by atoms with Crippen LogP contribution in [0.5, 0.6) is 0 Å². The van der Waals surface area contributed by atoms with E-state index in [1.54, 1.807) is 6.92 Å². The summed E-state index contributed by atoms with van der Waals surface area (Å²) in [6, 6.07) is 0. The molecule has 14 heavy (non-hydrogen) atoms. The summed E-state index contributed by atoms with van der Waals surface area (Å²) in [6.45, 7) is 3.53. The normalized spacial score (nSPS) is 18.4. The molecule has 0 radical (unpaired) electrons. The van der Waals surface area contributed by atoms with Gasteiger partial charge in [0.15, 0.2) is 11.5 Å². The second-order valence-corrected chi connectivity index (χ2v) is 3.68. The fraction of sp³-hybridized carbons (Fsp3) is 0.600. The predicted octanol–water partition coefficient (Wildman–Crippen LogP) is 1.34. The summed E-state index contributed by atoms with van der Waals surface area (Å²) < 4.78 is 5.17. The average molecular weight is 194 g/mol. The molecule has 4 nitrogen and oxygen atoms in total. The van der Waals surface area contributed by atoms with E-state index in [1.165, 1.54) is 6.20 Å². The summed E-state index contributed by atoms with van der Waals surface area (Å²) in [5.41, 5.74) is 0.650. The van der Waals surface area contributed by atoms with Crippen LogP contribution in [0.1, 0.15) is 41.8 Å². The number of hydrogen-bond donors (Lipinski definition) is 1. The summed E-state index contributed by atoms with van der Waals surface area (Å²) in [5, 5.41) is 6.98. The Morgan fingerprint density at radius 2 is 2.29 bits per heavy atom. The summed E-state index contributed by atoms with van der Waals surface area (Å²) >= 11 is 0. The van der Waals surface area contributed by atoms with E-state index in [0.717, 1.165) is 31.7 Å². The molecule has 0 spiro atoms. The van der Waals surface area contributed by atoms with Gasteiger partial charge in [-0.05, 0) is 32.9 Å². The minimum Gasteiger partial charge on any atom is -0.360 e. The zero-order valence-electron chi connectivity index (χ0n) is 8.25. The largest absolute Gasteiger partial charge is 0.360 e. The summed E-state index contributed by atoms with van der Waals surface area (Å²) in [5.74, 6) is 1.18. The van der Waals surface area contributed by atoms with Gasteiger partial charge in [0.25, 0.3) is 0 Å². The van der Waals surface area contributed by atoms with Gasteiger partial charge in [-0.1, -0.05) is 5.16 Å². The van der Waals surface area contributed by atoms with Crippen LogP contribution in [0, 0.1) is 0 Å². The number of rotatable bonds is 2. The second kappa shape index (κ2) is 3.92. The lowest BCUT2D eigenvalue weighted by atomic mass is 9.92. The molecule has 1 aliphatic heterocycles.